The van der Waals surface area contributed by atoms with Crippen molar-refractivity contribution < 1.29 is 26.8 Å². The molecular formula is C30H36CrN4O2-2. The van der Waals surface area contributed by atoms with E-state index < -0.39 is 0 Å². The molecule has 0 saturated carbocycles. The molecule has 3 aliphatic rings. The van der Waals surface area contributed by atoms with Crippen LogP contribution < -0.4 is 0 Å². The zero-order chi connectivity index (χ0) is 25.6. The Balaban J connectivity index is 0.000000362. The van der Waals surface area contributed by atoms with E-state index in [4.69, 9.17) is 30.1 Å². The van der Waals surface area contributed by atoms with Crippen LogP contribution in [0, 0.1) is 13.2 Å². The molecule has 3 aliphatic heterocycles. The van der Waals surface area contributed by atoms with Crippen molar-refractivity contribution in [1.82, 2.24) is 0 Å². The molecule has 0 radical (unpaired) electrons. The Morgan fingerprint density at radius 3 is 1.38 bits per heavy atom. The zero-order valence-electron chi connectivity index (χ0n) is 22.2. The molecule has 2 fully saturated rings. The van der Waals surface area contributed by atoms with E-state index >= 15 is 0 Å². The largest absolute Gasteiger partial charge is 2.00 e. The number of aliphatic imine (C=N–C) groups is 2. The number of fused-ring (bicyclic) bond motifs is 2. The van der Waals surface area contributed by atoms with E-state index in [-0.39, 0.29) is 17.4 Å². The van der Waals surface area contributed by atoms with Crippen LogP contribution in [0.4, 0.5) is 22.7 Å². The standard InChI is InChI=1S/C22H22N4.2C4H7O.Cr/c1-15-13-16(2)24-21-11-7-8-12-22(21)26-18(4)14-17(3)25-20-10-6-5-9-19(20)23-15;2*1-2-4-5-3-1;/h5-14H,1-4H3;2*3H,1-2,4H2;/q-2;2*-1;+2. The van der Waals surface area contributed by atoms with Crippen LogP contribution in [0.25, 0.3) is 10.6 Å². The molecule has 0 aromatic heterocycles. The van der Waals surface area contributed by atoms with E-state index in [0.29, 0.717) is 0 Å². The van der Waals surface area contributed by atoms with Gasteiger partial charge < -0.3 is 20.1 Å². The maximum absolute atomic E-state index is 4.82. The normalized spacial score (nSPS) is 17.0. The van der Waals surface area contributed by atoms with E-state index in [1.54, 1.807) is 0 Å². The number of allylic oxidation sites excluding steroid dienone is 4. The van der Waals surface area contributed by atoms with Crippen molar-refractivity contribution in [2.45, 2.75) is 53.4 Å². The minimum Gasteiger partial charge on any atom is -0.660 e. The van der Waals surface area contributed by atoms with E-state index in [9.17, 15) is 0 Å². The first-order chi connectivity index (χ1) is 17.5. The van der Waals surface area contributed by atoms with Crippen molar-refractivity contribution in [1.29, 1.82) is 0 Å². The molecule has 0 spiro atoms. The molecule has 0 N–H and O–H groups in total. The van der Waals surface area contributed by atoms with Crippen molar-refractivity contribution in [3.63, 3.8) is 0 Å². The molecule has 0 atom stereocenters. The number of hydrogen-bond acceptors (Lipinski definition) is 4. The monoisotopic (exact) mass is 536 g/mol. The van der Waals surface area contributed by atoms with Crippen LogP contribution in [0.2, 0.25) is 0 Å². The predicted molar refractivity (Wildman–Crippen MR) is 151 cm³/mol. The first-order valence-corrected chi connectivity index (χ1v) is 12.5. The summed E-state index contributed by atoms with van der Waals surface area (Å²) >= 11 is 0. The number of benzene rings is 2. The summed E-state index contributed by atoms with van der Waals surface area (Å²) in [5.74, 6) is 0. The van der Waals surface area contributed by atoms with E-state index in [0.717, 1.165) is 71.6 Å². The van der Waals surface area contributed by atoms with Gasteiger partial charge in [0.25, 0.3) is 0 Å². The summed E-state index contributed by atoms with van der Waals surface area (Å²) < 4.78 is 9.64. The Kier molecular flexibility index (Phi) is 14.0. The molecule has 3 heterocycles. The van der Waals surface area contributed by atoms with Gasteiger partial charge >= 0.3 is 17.4 Å². The molecule has 2 aromatic carbocycles. The molecule has 37 heavy (non-hydrogen) atoms. The van der Waals surface area contributed by atoms with Gasteiger partial charge in [-0.25, -0.2) is 13.2 Å². The van der Waals surface area contributed by atoms with Crippen LogP contribution in [-0.2, 0) is 26.8 Å². The van der Waals surface area contributed by atoms with Gasteiger partial charge in [0, 0.05) is 36.0 Å². The maximum atomic E-state index is 4.82. The average molecular weight is 537 g/mol. The van der Waals surface area contributed by atoms with Crippen molar-refractivity contribution in [2.24, 2.45) is 9.98 Å². The molecule has 7 heteroatoms. The van der Waals surface area contributed by atoms with Gasteiger partial charge in [0.15, 0.2) is 0 Å². The summed E-state index contributed by atoms with van der Waals surface area (Å²) in [6.07, 6.45) is 8.69. The first-order valence-electron chi connectivity index (χ1n) is 12.5. The smallest absolute Gasteiger partial charge is 0.660 e. The molecule has 0 amide bonds. The fourth-order valence-electron chi connectivity index (χ4n) is 3.63. The van der Waals surface area contributed by atoms with Crippen LogP contribution in [0.1, 0.15) is 53.4 Å². The van der Waals surface area contributed by atoms with Crippen LogP contribution in [-0.4, -0.2) is 24.6 Å². The Morgan fingerprint density at radius 2 is 1.05 bits per heavy atom. The predicted octanol–water partition coefficient (Wildman–Crippen LogP) is 9.32. The number of para-hydroxylation sites is 4. The fraction of sp³-hybridized carbons (Fsp3) is 0.333. The number of nitrogens with zero attached hydrogens (tertiary/aromatic N) is 4. The Labute approximate surface area is 233 Å². The van der Waals surface area contributed by atoms with Gasteiger partial charge in [0.05, 0.1) is 0 Å². The second-order valence-electron chi connectivity index (χ2n) is 8.64. The van der Waals surface area contributed by atoms with Gasteiger partial charge in [-0.1, -0.05) is 75.2 Å². The quantitative estimate of drug-likeness (QED) is 0.315. The Bertz CT molecular complexity index is 998. The molecule has 0 unspecified atom stereocenters. The van der Waals surface area contributed by atoms with Gasteiger partial charge in [-0.05, 0) is 26.0 Å². The Hall–Kier alpha value is -2.69. The second-order valence-corrected chi connectivity index (χ2v) is 8.64. The molecule has 2 saturated heterocycles. The third kappa shape index (κ3) is 11.5. The van der Waals surface area contributed by atoms with Gasteiger partial charge in [0.2, 0.25) is 0 Å². The molecule has 0 bridgehead atoms. The number of hydrogen-bond donors (Lipinski definition) is 0. The molecule has 2 aromatic rings. The zero-order valence-corrected chi connectivity index (χ0v) is 23.5. The van der Waals surface area contributed by atoms with Crippen LogP contribution >= 0.6 is 0 Å². The molecular weight excluding hydrogens is 500 g/mol. The minimum absolute atomic E-state index is 0. The summed E-state index contributed by atoms with van der Waals surface area (Å²) in [7, 11) is 0. The first kappa shape index (κ1) is 30.5. The topological polar surface area (TPSA) is 71.4 Å². The van der Waals surface area contributed by atoms with Gasteiger partial charge in [-0.2, -0.15) is 24.2 Å². The van der Waals surface area contributed by atoms with Gasteiger partial charge in [-0.3, -0.25) is 9.98 Å². The van der Waals surface area contributed by atoms with Crippen molar-refractivity contribution in [2.75, 3.05) is 13.2 Å². The summed E-state index contributed by atoms with van der Waals surface area (Å²) in [6, 6.07) is 15.8. The summed E-state index contributed by atoms with van der Waals surface area (Å²) in [5, 5.41) is 9.43. The van der Waals surface area contributed by atoms with Crippen LogP contribution in [0.15, 0.2) is 82.1 Å². The average Bonchev–Trinajstić information content (AvgIpc) is 3.60. The summed E-state index contributed by atoms with van der Waals surface area (Å²) in [5.41, 5.74) is 6.88. The van der Waals surface area contributed by atoms with E-state index in [1.807, 2.05) is 102 Å². The van der Waals surface area contributed by atoms with Crippen molar-refractivity contribution >= 4 is 34.2 Å². The van der Waals surface area contributed by atoms with E-state index in [2.05, 4.69) is 0 Å². The number of ether oxygens (including phenoxy) is 2. The van der Waals surface area contributed by atoms with Crippen LogP contribution in [0.3, 0.4) is 0 Å². The van der Waals surface area contributed by atoms with Crippen molar-refractivity contribution in [3.05, 3.63) is 95.9 Å². The third-order valence-corrected chi connectivity index (χ3v) is 5.19. The molecule has 5 rings (SSSR count). The Morgan fingerprint density at radius 1 is 0.649 bits per heavy atom. The molecule has 6 nitrogen and oxygen atoms in total. The maximum Gasteiger partial charge on any atom is 2.00 e. The van der Waals surface area contributed by atoms with Crippen molar-refractivity contribution in [3.8, 4) is 0 Å². The molecule has 0 aliphatic carbocycles. The number of rotatable bonds is 0. The van der Waals surface area contributed by atoms with Crippen LogP contribution in [0.5, 0.6) is 0 Å². The third-order valence-electron chi connectivity index (χ3n) is 5.19. The second kappa shape index (κ2) is 16.9. The summed E-state index contributed by atoms with van der Waals surface area (Å²) in [4.78, 5) is 9.43. The minimum atomic E-state index is 0. The van der Waals surface area contributed by atoms with Gasteiger partial charge in [0.1, 0.15) is 0 Å². The summed E-state index contributed by atoms with van der Waals surface area (Å²) in [6.45, 7) is 13.5. The fourth-order valence-corrected chi connectivity index (χ4v) is 3.63. The van der Waals surface area contributed by atoms with E-state index in [1.165, 1.54) is 12.8 Å². The SMILES string of the molecule is CC1=CC(C)=Nc2ccccc2[N-]C(C)=CC(C)=Nc2ccccc2[N-]1.[CH-]1CCCO1.[CH-]1CCCO1.[Cr+2]. The van der Waals surface area contributed by atoms with Gasteiger partial charge in [-0.15, -0.1) is 11.4 Å². The molecule has 196 valence electrons.